The van der Waals surface area contributed by atoms with Crippen LogP contribution in [0, 0.1) is 11.8 Å². The molecule has 0 radical (unpaired) electrons. The molecule has 0 saturated carbocycles. The third-order valence-electron chi connectivity index (χ3n) is 2.10. The van der Waals surface area contributed by atoms with Gasteiger partial charge in [0.2, 0.25) is 0 Å². The Bertz CT molecular complexity index is 204. The Balaban J connectivity index is 0.00000121. The van der Waals surface area contributed by atoms with Gasteiger partial charge in [0.25, 0.3) is 0 Å². The quantitative estimate of drug-likeness (QED) is 0.424. The van der Waals surface area contributed by atoms with Crippen LogP contribution in [0.2, 0.25) is 0 Å². The number of benzene rings is 1. The Morgan fingerprint density at radius 3 is 2.00 bits per heavy atom. The number of hydrogen-bond acceptors (Lipinski definition) is 0. The summed E-state index contributed by atoms with van der Waals surface area (Å²) in [6.07, 6.45) is 0. The van der Waals surface area contributed by atoms with Gasteiger partial charge in [-0.25, -0.2) is 0 Å². The molecule has 0 aromatic heterocycles. The standard InChI is InChI=1S/C11H15.Li/c1-9(2)10(3)11-7-5-4-6-8-11;/h4-9H,1-3H3;/q-1;+1. The molecule has 0 aliphatic heterocycles. The first-order chi connectivity index (χ1) is 5.22. The van der Waals surface area contributed by atoms with Crippen molar-refractivity contribution in [1.82, 2.24) is 0 Å². The van der Waals surface area contributed by atoms with Crippen molar-refractivity contribution in [2.75, 3.05) is 0 Å². The fourth-order valence-electron chi connectivity index (χ4n) is 1.03. The Morgan fingerprint density at radius 1 is 1.08 bits per heavy atom. The summed E-state index contributed by atoms with van der Waals surface area (Å²) in [5.41, 5.74) is 1.36. The van der Waals surface area contributed by atoms with Gasteiger partial charge >= 0.3 is 18.9 Å². The SMILES string of the molecule is C[C-](c1ccccc1)C(C)C.[Li+]. The largest absolute Gasteiger partial charge is 1.00 e. The summed E-state index contributed by atoms with van der Waals surface area (Å²) in [6, 6.07) is 10.5. The van der Waals surface area contributed by atoms with Gasteiger partial charge in [-0.1, -0.05) is 32.8 Å². The molecule has 0 unspecified atom stereocenters. The molecule has 1 aromatic rings. The van der Waals surface area contributed by atoms with Crippen LogP contribution in [-0.4, -0.2) is 0 Å². The third-order valence-corrected chi connectivity index (χ3v) is 2.10. The van der Waals surface area contributed by atoms with Gasteiger partial charge in [-0.15, -0.1) is 12.1 Å². The molecule has 0 nitrogen and oxygen atoms in total. The van der Waals surface area contributed by atoms with E-state index in [2.05, 4.69) is 51.1 Å². The Labute approximate surface area is 87.6 Å². The molecule has 0 heterocycles. The second-order valence-electron chi connectivity index (χ2n) is 3.20. The first-order valence-corrected chi connectivity index (χ1v) is 4.10. The molecule has 0 fully saturated rings. The van der Waals surface area contributed by atoms with Crippen molar-refractivity contribution in [3.8, 4) is 0 Å². The van der Waals surface area contributed by atoms with Crippen LogP contribution in [0.4, 0.5) is 0 Å². The van der Waals surface area contributed by atoms with E-state index < -0.39 is 0 Å². The molecule has 0 amide bonds. The third kappa shape index (κ3) is 2.97. The van der Waals surface area contributed by atoms with E-state index in [0.29, 0.717) is 5.92 Å². The molecule has 0 aliphatic carbocycles. The maximum Gasteiger partial charge on any atom is 1.00 e. The van der Waals surface area contributed by atoms with Crippen molar-refractivity contribution < 1.29 is 18.9 Å². The van der Waals surface area contributed by atoms with Crippen LogP contribution in [0.1, 0.15) is 26.3 Å². The monoisotopic (exact) mass is 154 g/mol. The molecular formula is C11H15Li. The van der Waals surface area contributed by atoms with Crippen molar-refractivity contribution in [2.45, 2.75) is 20.8 Å². The number of hydrogen-bond donors (Lipinski definition) is 0. The molecule has 1 heteroatoms. The van der Waals surface area contributed by atoms with Gasteiger partial charge in [0.1, 0.15) is 0 Å². The van der Waals surface area contributed by atoms with E-state index in [0.717, 1.165) is 0 Å². The van der Waals surface area contributed by atoms with E-state index in [1.54, 1.807) is 0 Å². The van der Waals surface area contributed by atoms with E-state index in [9.17, 15) is 0 Å². The summed E-state index contributed by atoms with van der Waals surface area (Å²) < 4.78 is 0. The first-order valence-electron chi connectivity index (χ1n) is 4.10. The van der Waals surface area contributed by atoms with Gasteiger partial charge in [0.15, 0.2) is 0 Å². The summed E-state index contributed by atoms with van der Waals surface area (Å²) in [5.74, 6) is 2.11. The van der Waals surface area contributed by atoms with Crippen molar-refractivity contribution in [3.63, 3.8) is 0 Å². The van der Waals surface area contributed by atoms with Crippen molar-refractivity contribution in [1.29, 1.82) is 0 Å². The van der Waals surface area contributed by atoms with Crippen LogP contribution < -0.4 is 18.9 Å². The van der Waals surface area contributed by atoms with Crippen LogP contribution in [0.3, 0.4) is 0 Å². The van der Waals surface area contributed by atoms with Crippen LogP contribution in [0.25, 0.3) is 0 Å². The minimum Gasteiger partial charge on any atom is -0.189 e. The van der Waals surface area contributed by atoms with Gasteiger partial charge in [-0.3, -0.25) is 0 Å². The molecule has 0 spiro atoms. The minimum absolute atomic E-state index is 0. The first kappa shape index (κ1) is 11.7. The molecule has 0 aliphatic rings. The predicted molar refractivity (Wildman–Crippen MR) is 49.3 cm³/mol. The maximum atomic E-state index is 2.22. The molecule has 1 aromatic carbocycles. The van der Waals surface area contributed by atoms with Gasteiger partial charge < -0.3 is 0 Å². The van der Waals surface area contributed by atoms with E-state index >= 15 is 0 Å². The summed E-state index contributed by atoms with van der Waals surface area (Å²) in [6.45, 7) is 6.64. The second kappa shape index (κ2) is 5.35. The summed E-state index contributed by atoms with van der Waals surface area (Å²) in [7, 11) is 0. The van der Waals surface area contributed by atoms with Crippen molar-refractivity contribution >= 4 is 0 Å². The Morgan fingerprint density at radius 2 is 1.58 bits per heavy atom. The molecule has 0 N–H and O–H groups in total. The smallest absolute Gasteiger partial charge is 0.189 e. The van der Waals surface area contributed by atoms with Gasteiger partial charge in [-0.2, -0.15) is 23.6 Å². The molecule has 60 valence electrons. The summed E-state index contributed by atoms with van der Waals surface area (Å²) in [4.78, 5) is 0. The molecular weight excluding hydrogens is 139 g/mol. The molecule has 12 heavy (non-hydrogen) atoms. The number of rotatable bonds is 2. The maximum absolute atomic E-state index is 2.22. The normalized spacial score (nSPS) is 9.33. The fourth-order valence-corrected chi connectivity index (χ4v) is 1.03. The zero-order valence-electron chi connectivity index (χ0n) is 8.46. The second-order valence-corrected chi connectivity index (χ2v) is 3.20. The van der Waals surface area contributed by atoms with Crippen molar-refractivity contribution in [2.24, 2.45) is 5.92 Å². The molecule has 0 bridgehead atoms. The van der Waals surface area contributed by atoms with E-state index in [4.69, 9.17) is 0 Å². The molecule has 0 atom stereocenters. The summed E-state index contributed by atoms with van der Waals surface area (Å²) >= 11 is 0. The molecule has 1 rings (SSSR count). The van der Waals surface area contributed by atoms with Crippen LogP contribution in [-0.2, 0) is 0 Å². The zero-order chi connectivity index (χ0) is 8.27. The zero-order valence-corrected chi connectivity index (χ0v) is 8.46. The van der Waals surface area contributed by atoms with Crippen LogP contribution >= 0.6 is 0 Å². The average Bonchev–Trinajstić information content (AvgIpc) is 2.05. The van der Waals surface area contributed by atoms with Crippen molar-refractivity contribution in [3.05, 3.63) is 41.8 Å². The molecule has 0 saturated heterocycles. The predicted octanol–water partition coefficient (Wildman–Crippen LogP) is 0.289. The van der Waals surface area contributed by atoms with E-state index in [1.165, 1.54) is 11.5 Å². The van der Waals surface area contributed by atoms with Crippen LogP contribution in [0.15, 0.2) is 30.3 Å². The van der Waals surface area contributed by atoms with Gasteiger partial charge in [0.05, 0.1) is 0 Å². The van der Waals surface area contributed by atoms with E-state index in [-0.39, 0.29) is 18.9 Å². The van der Waals surface area contributed by atoms with Gasteiger partial charge in [0, 0.05) is 0 Å². The average molecular weight is 154 g/mol. The fraction of sp³-hybridized carbons (Fsp3) is 0.364. The van der Waals surface area contributed by atoms with E-state index in [1.807, 2.05) is 0 Å². The summed E-state index contributed by atoms with van der Waals surface area (Å²) in [5, 5.41) is 0. The Hall–Kier alpha value is -0.313. The van der Waals surface area contributed by atoms with Gasteiger partial charge in [-0.05, 0) is 0 Å². The Kier molecular flexibility index (Phi) is 5.21. The topological polar surface area (TPSA) is 0 Å². The minimum atomic E-state index is 0. The van der Waals surface area contributed by atoms with Crippen LogP contribution in [0.5, 0.6) is 0 Å².